The molecule has 0 unspecified atom stereocenters. The summed E-state index contributed by atoms with van der Waals surface area (Å²) < 4.78 is 46.0. The van der Waals surface area contributed by atoms with Gasteiger partial charge in [-0.3, -0.25) is 14.2 Å². The molecule has 0 atom stereocenters. The van der Waals surface area contributed by atoms with Gasteiger partial charge < -0.3 is 15.0 Å². The normalized spacial score (nSPS) is 11.9. The molecule has 0 fully saturated rings. The zero-order chi connectivity index (χ0) is 23.6. The molecule has 0 aliphatic carbocycles. The van der Waals surface area contributed by atoms with Crippen molar-refractivity contribution >= 4 is 45.3 Å². The Morgan fingerprint density at radius 1 is 1.18 bits per heavy atom. The Kier molecular flexibility index (Phi) is 6.43. The average molecular weight is 476 g/mol. The maximum atomic E-state index is 13.2. The Balaban J connectivity index is 1.63. The van der Waals surface area contributed by atoms with E-state index in [0.29, 0.717) is 11.0 Å². The van der Waals surface area contributed by atoms with Gasteiger partial charge in [-0.15, -0.1) is 0 Å². The first-order chi connectivity index (χ1) is 15.8. The zero-order valence-corrected chi connectivity index (χ0v) is 18.2. The molecular formula is C22H19F3N4O3S. The van der Waals surface area contributed by atoms with E-state index in [2.05, 4.69) is 15.3 Å². The third-order valence-corrected chi connectivity index (χ3v) is 5.91. The van der Waals surface area contributed by atoms with Gasteiger partial charge >= 0.3 is 6.18 Å². The molecule has 0 bridgehead atoms. The second-order valence-electron chi connectivity index (χ2n) is 7.12. The Morgan fingerprint density at radius 2 is 1.91 bits per heavy atom. The van der Waals surface area contributed by atoms with E-state index in [-0.39, 0.29) is 35.3 Å². The van der Waals surface area contributed by atoms with Crippen LogP contribution in [0, 0.1) is 0 Å². The summed E-state index contributed by atoms with van der Waals surface area (Å²) in [6.45, 7) is 0.445. The van der Waals surface area contributed by atoms with Crippen LogP contribution in [0.4, 0.5) is 18.9 Å². The van der Waals surface area contributed by atoms with E-state index in [1.165, 1.54) is 29.9 Å². The number of rotatable bonds is 7. The van der Waals surface area contributed by atoms with Crippen molar-refractivity contribution in [2.75, 3.05) is 24.8 Å². The molecule has 4 rings (SSSR count). The maximum absolute atomic E-state index is 13.2. The fourth-order valence-corrected chi connectivity index (χ4v) is 4.24. The minimum atomic E-state index is -4.60. The van der Waals surface area contributed by atoms with Crippen molar-refractivity contribution in [1.29, 1.82) is 0 Å². The van der Waals surface area contributed by atoms with Crippen LogP contribution >= 0.6 is 11.8 Å². The molecule has 2 heterocycles. The molecule has 0 saturated carbocycles. The van der Waals surface area contributed by atoms with Crippen molar-refractivity contribution < 1.29 is 22.7 Å². The number of alkyl halides is 3. The lowest BCUT2D eigenvalue weighted by molar-refractivity contribution is -0.137. The number of benzene rings is 2. The molecule has 0 aliphatic rings. The van der Waals surface area contributed by atoms with E-state index in [0.717, 1.165) is 28.7 Å². The smallest absolute Gasteiger partial charge is 0.383 e. The number of carbonyl (C=O) groups excluding carboxylic acids is 1. The number of anilines is 1. The lowest BCUT2D eigenvalue weighted by Crippen LogP contribution is -2.26. The number of amides is 1. The summed E-state index contributed by atoms with van der Waals surface area (Å²) in [4.78, 5) is 33.2. The number of nitrogens with zero attached hydrogens (tertiary/aromatic N) is 2. The number of aromatic amines is 1. The van der Waals surface area contributed by atoms with Crippen LogP contribution in [0.3, 0.4) is 0 Å². The summed E-state index contributed by atoms with van der Waals surface area (Å²) in [7, 11) is 1.50. The summed E-state index contributed by atoms with van der Waals surface area (Å²) in [5.74, 6) is -0.886. The van der Waals surface area contributed by atoms with Crippen molar-refractivity contribution in [3.8, 4) is 0 Å². The molecule has 4 aromatic rings. The molecular weight excluding hydrogens is 457 g/mol. The number of halogens is 3. The first-order valence-electron chi connectivity index (χ1n) is 9.88. The van der Waals surface area contributed by atoms with Gasteiger partial charge in [0, 0.05) is 18.0 Å². The highest BCUT2D eigenvalue weighted by molar-refractivity contribution is 7.99. The number of fused-ring (bicyclic) bond motifs is 3. The molecule has 2 aromatic heterocycles. The predicted molar refractivity (Wildman–Crippen MR) is 121 cm³/mol. The van der Waals surface area contributed by atoms with E-state index in [9.17, 15) is 22.8 Å². The van der Waals surface area contributed by atoms with Gasteiger partial charge in [0.15, 0.2) is 5.16 Å². The maximum Gasteiger partial charge on any atom is 0.418 e. The van der Waals surface area contributed by atoms with E-state index >= 15 is 0 Å². The molecule has 7 nitrogen and oxygen atoms in total. The standard InChI is InChI=1S/C22H19F3N4O3S/c1-32-11-10-29-20(31)19-18(13-6-2-4-8-15(13)27-19)28-21(29)33-12-17(30)26-16-9-5-3-7-14(16)22(23,24)25/h2-9,27H,10-12H2,1H3,(H,26,30). The van der Waals surface area contributed by atoms with E-state index < -0.39 is 17.6 Å². The molecule has 11 heteroatoms. The molecule has 0 spiro atoms. The van der Waals surface area contributed by atoms with Gasteiger partial charge in [0.1, 0.15) is 11.0 Å². The summed E-state index contributed by atoms with van der Waals surface area (Å²) in [6, 6.07) is 12.1. The first-order valence-corrected chi connectivity index (χ1v) is 10.9. The highest BCUT2D eigenvalue weighted by Crippen LogP contribution is 2.34. The second-order valence-corrected chi connectivity index (χ2v) is 8.06. The molecule has 0 radical (unpaired) electrons. The van der Waals surface area contributed by atoms with Gasteiger partial charge in [-0.25, -0.2) is 4.98 Å². The van der Waals surface area contributed by atoms with Crippen LogP contribution in [-0.4, -0.2) is 39.9 Å². The number of thioether (sulfide) groups is 1. The average Bonchev–Trinajstić information content (AvgIpc) is 3.16. The van der Waals surface area contributed by atoms with Crippen LogP contribution in [0.2, 0.25) is 0 Å². The van der Waals surface area contributed by atoms with E-state index in [4.69, 9.17) is 4.74 Å². The van der Waals surface area contributed by atoms with Crippen LogP contribution in [0.15, 0.2) is 58.5 Å². The lowest BCUT2D eigenvalue weighted by atomic mass is 10.1. The third kappa shape index (κ3) is 4.74. The fourth-order valence-electron chi connectivity index (χ4n) is 3.42. The second kappa shape index (κ2) is 9.28. The number of nitrogens with one attached hydrogen (secondary N) is 2. The molecule has 2 aromatic carbocycles. The molecule has 0 aliphatic heterocycles. The van der Waals surface area contributed by atoms with Gasteiger partial charge in [0.05, 0.1) is 30.2 Å². The molecule has 0 saturated heterocycles. The topological polar surface area (TPSA) is 89.0 Å². The minimum Gasteiger partial charge on any atom is -0.383 e. The largest absolute Gasteiger partial charge is 0.418 e. The molecule has 172 valence electrons. The summed E-state index contributed by atoms with van der Waals surface area (Å²) in [5, 5.41) is 3.33. The van der Waals surface area contributed by atoms with Crippen molar-refractivity contribution in [3.63, 3.8) is 0 Å². The highest BCUT2D eigenvalue weighted by Gasteiger charge is 2.33. The van der Waals surface area contributed by atoms with Crippen molar-refractivity contribution in [2.24, 2.45) is 0 Å². The highest BCUT2D eigenvalue weighted by atomic mass is 32.2. The number of hydrogen-bond donors (Lipinski definition) is 2. The number of H-pyrrole nitrogens is 1. The van der Waals surface area contributed by atoms with Gasteiger partial charge in [-0.2, -0.15) is 13.2 Å². The molecule has 2 N–H and O–H groups in total. The minimum absolute atomic E-state index is 0.203. The van der Waals surface area contributed by atoms with E-state index in [1.807, 2.05) is 24.3 Å². The van der Waals surface area contributed by atoms with Crippen LogP contribution in [-0.2, 0) is 22.3 Å². The van der Waals surface area contributed by atoms with Crippen LogP contribution in [0.25, 0.3) is 21.9 Å². The molecule has 33 heavy (non-hydrogen) atoms. The Bertz CT molecular complexity index is 1380. The fraction of sp³-hybridized carbons (Fsp3) is 0.227. The van der Waals surface area contributed by atoms with Crippen LogP contribution < -0.4 is 10.9 Å². The first kappa shape index (κ1) is 22.9. The van der Waals surface area contributed by atoms with Gasteiger partial charge in [-0.05, 0) is 18.2 Å². The summed E-state index contributed by atoms with van der Waals surface area (Å²) in [6.07, 6.45) is -4.60. The van der Waals surface area contributed by atoms with Crippen molar-refractivity contribution in [1.82, 2.24) is 14.5 Å². The zero-order valence-electron chi connectivity index (χ0n) is 17.4. The SMILES string of the molecule is COCCn1c(SCC(=O)Nc2ccccc2C(F)(F)F)nc2c([nH]c3ccccc32)c1=O. The number of carbonyl (C=O) groups is 1. The lowest BCUT2D eigenvalue weighted by Gasteiger charge is -2.14. The number of methoxy groups -OCH3 is 1. The Morgan fingerprint density at radius 3 is 2.67 bits per heavy atom. The third-order valence-electron chi connectivity index (χ3n) is 4.93. The van der Waals surface area contributed by atoms with Crippen molar-refractivity contribution in [2.45, 2.75) is 17.9 Å². The summed E-state index contributed by atoms with van der Waals surface area (Å²) >= 11 is 0.968. The number of para-hydroxylation sites is 2. The Labute approximate surface area is 190 Å². The van der Waals surface area contributed by atoms with Gasteiger partial charge in [0.25, 0.3) is 5.56 Å². The van der Waals surface area contributed by atoms with Crippen molar-refractivity contribution in [3.05, 3.63) is 64.4 Å². The van der Waals surface area contributed by atoms with Crippen LogP contribution in [0.1, 0.15) is 5.56 Å². The van der Waals surface area contributed by atoms with Gasteiger partial charge in [0.2, 0.25) is 5.91 Å². The number of hydrogen-bond acceptors (Lipinski definition) is 5. The monoisotopic (exact) mass is 476 g/mol. The number of ether oxygens (including phenoxy) is 1. The summed E-state index contributed by atoms with van der Waals surface area (Å²) in [5.41, 5.74) is -0.0291. The van der Waals surface area contributed by atoms with E-state index in [1.54, 1.807) is 0 Å². The Hall–Kier alpha value is -3.31. The quantitative estimate of drug-likeness (QED) is 0.307. The van der Waals surface area contributed by atoms with Gasteiger partial charge in [-0.1, -0.05) is 42.1 Å². The predicted octanol–water partition coefficient (Wildman–Crippen LogP) is 4.27. The molecule has 1 amide bonds. The van der Waals surface area contributed by atoms with Crippen LogP contribution in [0.5, 0.6) is 0 Å². The number of aromatic nitrogens is 3.